The van der Waals surface area contributed by atoms with E-state index in [1.807, 2.05) is 12.1 Å². The molecule has 0 amide bonds. The highest BCUT2D eigenvalue weighted by molar-refractivity contribution is 9.10. The number of benzene rings is 1. The number of nitrogens with zero attached hydrogens (tertiary/aromatic N) is 3. The van der Waals surface area contributed by atoms with E-state index < -0.39 is 0 Å². The third-order valence-corrected chi connectivity index (χ3v) is 2.78. The highest BCUT2D eigenvalue weighted by atomic mass is 79.9. The summed E-state index contributed by atoms with van der Waals surface area (Å²) in [6.07, 6.45) is 1.46. The smallest absolute Gasteiger partial charge is 0.135 e. The van der Waals surface area contributed by atoms with Gasteiger partial charge >= 0.3 is 0 Å². The van der Waals surface area contributed by atoms with E-state index in [2.05, 4.69) is 42.6 Å². The van der Waals surface area contributed by atoms with Gasteiger partial charge in [-0.1, -0.05) is 15.9 Å². The molecule has 0 bridgehead atoms. The molecule has 2 N–H and O–H groups in total. The zero-order valence-corrected chi connectivity index (χ0v) is 11.2. The van der Waals surface area contributed by atoms with Gasteiger partial charge in [-0.15, -0.1) is 0 Å². The quantitative estimate of drug-likeness (QED) is 0.912. The van der Waals surface area contributed by atoms with Gasteiger partial charge in [0.15, 0.2) is 0 Å². The first-order valence-electron chi connectivity index (χ1n) is 5.19. The molecule has 5 nitrogen and oxygen atoms in total. The summed E-state index contributed by atoms with van der Waals surface area (Å²) in [5.41, 5.74) is 1.26. The van der Waals surface area contributed by atoms with Crippen LogP contribution in [0.5, 0.6) is 0 Å². The van der Waals surface area contributed by atoms with Crippen molar-refractivity contribution in [3.05, 3.63) is 40.6 Å². The number of aromatic nitrogens is 2. The maximum atomic E-state index is 9.04. The van der Waals surface area contributed by atoms with E-state index in [0.29, 0.717) is 22.9 Å². The van der Waals surface area contributed by atoms with Crippen molar-refractivity contribution in [3.8, 4) is 6.07 Å². The van der Waals surface area contributed by atoms with Crippen LogP contribution in [0, 0.1) is 11.3 Å². The van der Waals surface area contributed by atoms with Crippen LogP contribution in [0.15, 0.2) is 35.1 Å². The SMILES string of the molecule is CNc1cc(Nc2cc(Br)ccc2C#N)ncn1. The molecule has 1 aromatic heterocycles. The fraction of sp³-hybridized carbons (Fsp3) is 0.0833. The Bertz CT molecular complexity index is 606. The van der Waals surface area contributed by atoms with Crippen LogP contribution in [0.25, 0.3) is 0 Å². The largest absolute Gasteiger partial charge is 0.373 e. The van der Waals surface area contributed by atoms with E-state index in [9.17, 15) is 0 Å². The Hall–Kier alpha value is -2.13. The number of hydrogen-bond donors (Lipinski definition) is 2. The highest BCUT2D eigenvalue weighted by Gasteiger charge is 2.04. The van der Waals surface area contributed by atoms with Crippen LogP contribution in [0.4, 0.5) is 17.3 Å². The van der Waals surface area contributed by atoms with Crippen LogP contribution < -0.4 is 10.6 Å². The Kier molecular flexibility index (Phi) is 3.75. The first kappa shape index (κ1) is 12.3. The van der Waals surface area contributed by atoms with Crippen LogP contribution in [0.3, 0.4) is 0 Å². The predicted molar refractivity (Wildman–Crippen MR) is 73.7 cm³/mol. The van der Waals surface area contributed by atoms with Crippen molar-refractivity contribution in [2.45, 2.75) is 0 Å². The molecule has 6 heteroatoms. The van der Waals surface area contributed by atoms with E-state index in [4.69, 9.17) is 5.26 Å². The molecule has 0 saturated heterocycles. The fourth-order valence-electron chi connectivity index (χ4n) is 1.42. The average Bonchev–Trinajstić information content (AvgIpc) is 2.39. The minimum absolute atomic E-state index is 0.558. The van der Waals surface area contributed by atoms with Gasteiger partial charge in [0.05, 0.1) is 11.3 Å². The minimum atomic E-state index is 0.558. The second-order valence-corrected chi connectivity index (χ2v) is 4.38. The molecule has 1 aromatic carbocycles. The van der Waals surface area contributed by atoms with Crippen molar-refractivity contribution in [3.63, 3.8) is 0 Å². The van der Waals surface area contributed by atoms with Crippen LogP contribution in [0.2, 0.25) is 0 Å². The molecule has 0 fully saturated rings. The molecule has 0 atom stereocenters. The van der Waals surface area contributed by atoms with Crippen LogP contribution in [-0.2, 0) is 0 Å². The summed E-state index contributed by atoms with van der Waals surface area (Å²) in [5, 5.41) is 15.1. The van der Waals surface area contributed by atoms with Crippen molar-refractivity contribution in [2.24, 2.45) is 0 Å². The first-order chi connectivity index (χ1) is 8.72. The highest BCUT2D eigenvalue weighted by Crippen LogP contribution is 2.24. The summed E-state index contributed by atoms with van der Waals surface area (Å²) >= 11 is 3.37. The number of nitrogens with one attached hydrogen (secondary N) is 2. The molecule has 0 saturated carbocycles. The summed E-state index contributed by atoms with van der Waals surface area (Å²) < 4.78 is 0.895. The van der Waals surface area contributed by atoms with E-state index in [0.717, 1.165) is 4.47 Å². The monoisotopic (exact) mass is 303 g/mol. The lowest BCUT2D eigenvalue weighted by Gasteiger charge is -2.08. The number of nitriles is 1. The topological polar surface area (TPSA) is 73.6 Å². The molecule has 90 valence electrons. The molecule has 0 spiro atoms. The molecule has 2 rings (SSSR count). The summed E-state index contributed by atoms with van der Waals surface area (Å²) in [6.45, 7) is 0. The Morgan fingerprint density at radius 2 is 2.00 bits per heavy atom. The van der Waals surface area contributed by atoms with E-state index >= 15 is 0 Å². The molecule has 2 aromatic rings. The van der Waals surface area contributed by atoms with Gasteiger partial charge in [-0.25, -0.2) is 9.97 Å². The number of rotatable bonds is 3. The molecular weight excluding hydrogens is 294 g/mol. The van der Waals surface area contributed by atoms with Crippen molar-refractivity contribution < 1.29 is 0 Å². The first-order valence-corrected chi connectivity index (χ1v) is 5.98. The van der Waals surface area contributed by atoms with Gasteiger partial charge in [0.1, 0.15) is 24.0 Å². The Labute approximate surface area is 113 Å². The van der Waals surface area contributed by atoms with E-state index in [1.54, 1.807) is 19.2 Å². The lowest BCUT2D eigenvalue weighted by molar-refractivity contribution is 1.16. The van der Waals surface area contributed by atoms with Gasteiger partial charge in [-0.2, -0.15) is 5.26 Å². The van der Waals surface area contributed by atoms with Gasteiger partial charge in [0.2, 0.25) is 0 Å². The molecule has 0 aliphatic carbocycles. The van der Waals surface area contributed by atoms with Gasteiger partial charge in [0.25, 0.3) is 0 Å². The van der Waals surface area contributed by atoms with E-state index in [-0.39, 0.29) is 0 Å². The average molecular weight is 304 g/mol. The number of hydrogen-bond acceptors (Lipinski definition) is 5. The van der Waals surface area contributed by atoms with Gasteiger partial charge in [-0.3, -0.25) is 0 Å². The maximum absolute atomic E-state index is 9.04. The maximum Gasteiger partial charge on any atom is 0.135 e. The minimum Gasteiger partial charge on any atom is -0.373 e. The fourth-order valence-corrected chi connectivity index (χ4v) is 1.78. The van der Waals surface area contributed by atoms with Crippen molar-refractivity contribution in [1.29, 1.82) is 5.26 Å². The van der Waals surface area contributed by atoms with Gasteiger partial charge in [0, 0.05) is 17.6 Å². The third-order valence-electron chi connectivity index (χ3n) is 2.29. The zero-order valence-electron chi connectivity index (χ0n) is 9.61. The Morgan fingerprint density at radius 3 is 2.72 bits per heavy atom. The number of anilines is 3. The molecule has 0 aliphatic heterocycles. The lowest BCUT2D eigenvalue weighted by Crippen LogP contribution is -1.99. The Morgan fingerprint density at radius 1 is 1.22 bits per heavy atom. The van der Waals surface area contributed by atoms with Gasteiger partial charge < -0.3 is 10.6 Å². The van der Waals surface area contributed by atoms with Crippen LogP contribution in [0.1, 0.15) is 5.56 Å². The van der Waals surface area contributed by atoms with E-state index in [1.165, 1.54) is 6.33 Å². The van der Waals surface area contributed by atoms with Gasteiger partial charge in [-0.05, 0) is 18.2 Å². The number of halogens is 1. The second kappa shape index (κ2) is 5.47. The molecule has 0 aliphatic rings. The van der Waals surface area contributed by atoms with Crippen molar-refractivity contribution in [1.82, 2.24) is 9.97 Å². The zero-order chi connectivity index (χ0) is 13.0. The van der Waals surface area contributed by atoms with Crippen LogP contribution >= 0.6 is 15.9 Å². The van der Waals surface area contributed by atoms with Crippen LogP contribution in [-0.4, -0.2) is 17.0 Å². The standard InChI is InChI=1S/C12H10BrN5/c1-15-11-5-12(17-7-16-11)18-10-4-9(13)3-2-8(10)6-14/h2-5,7H,1H3,(H2,15,16,17,18). The predicted octanol–water partition coefficient (Wildman–Crippen LogP) is 2.90. The summed E-state index contributed by atoms with van der Waals surface area (Å²) in [4.78, 5) is 8.12. The molecule has 0 radical (unpaired) electrons. The summed E-state index contributed by atoms with van der Waals surface area (Å²) in [5.74, 6) is 1.34. The summed E-state index contributed by atoms with van der Waals surface area (Å²) in [6, 6.07) is 9.29. The molecule has 0 unspecified atom stereocenters. The van der Waals surface area contributed by atoms with Crippen molar-refractivity contribution in [2.75, 3.05) is 17.7 Å². The summed E-state index contributed by atoms with van der Waals surface area (Å²) in [7, 11) is 1.78. The third kappa shape index (κ3) is 2.76. The molecule has 18 heavy (non-hydrogen) atoms. The Balaban J connectivity index is 2.33. The second-order valence-electron chi connectivity index (χ2n) is 3.47. The molecule has 1 heterocycles. The van der Waals surface area contributed by atoms with Crippen molar-refractivity contribution >= 4 is 33.3 Å². The lowest BCUT2D eigenvalue weighted by atomic mass is 10.2. The molecular formula is C12H10BrN5. The normalized spacial score (nSPS) is 9.61.